The van der Waals surface area contributed by atoms with Crippen LogP contribution in [0.15, 0.2) is 42.5 Å². The molecule has 0 radical (unpaired) electrons. The molecule has 1 amide bonds. The monoisotopic (exact) mass is 414 g/mol. The van der Waals surface area contributed by atoms with Crippen LogP contribution in [0.25, 0.3) is 0 Å². The molecule has 3 rings (SSSR count). The number of rotatable bonds is 6. The van der Waals surface area contributed by atoms with E-state index in [2.05, 4.69) is 41.4 Å². The first-order valence-electron chi connectivity index (χ1n) is 10.4. The molecule has 1 aliphatic heterocycles. The van der Waals surface area contributed by atoms with E-state index in [1.54, 1.807) is 19.1 Å². The molecule has 0 saturated carbocycles. The average Bonchev–Trinajstić information content (AvgIpc) is 2.70. The Hall–Kier alpha value is -2.20. The quantitative estimate of drug-likeness (QED) is 0.675. The minimum Gasteiger partial charge on any atom is -0.481 e. The van der Waals surface area contributed by atoms with Gasteiger partial charge in [-0.05, 0) is 81.0 Å². The zero-order chi connectivity index (χ0) is 21.0. The van der Waals surface area contributed by atoms with Crippen molar-refractivity contribution in [1.29, 1.82) is 0 Å². The highest BCUT2D eigenvalue weighted by Gasteiger charge is 2.19. The predicted octanol–water partition coefficient (Wildman–Crippen LogP) is 5.53. The molecule has 3 atom stereocenters. The molecule has 1 aliphatic rings. The van der Waals surface area contributed by atoms with Crippen molar-refractivity contribution in [2.24, 2.45) is 5.92 Å². The summed E-state index contributed by atoms with van der Waals surface area (Å²) in [4.78, 5) is 15.0. The van der Waals surface area contributed by atoms with Crippen molar-refractivity contribution >= 4 is 23.2 Å². The van der Waals surface area contributed by atoms with Crippen molar-refractivity contribution in [1.82, 2.24) is 5.32 Å². The predicted molar refractivity (Wildman–Crippen MR) is 120 cm³/mol. The first kappa shape index (κ1) is 21.5. The molecule has 0 unspecified atom stereocenters. The summed E-state index contributed by atoms with van der Waals surface area (Å²) in [5, 5.41) is 3.73. The van der Waals surface area contributed by atoms with Crippen LogP contribution >= 0.6 is 11.6 Å². The Morgan fingerprint density at radius 2 is 1.93 bits per heavy atom. The van der Waals surface area contributed by atoms with Gasteiger partial charge in [0.25, 0.3) is 5.91 Å². The molecular weight excluding hydrogens is 384 g/mol. The van der Waals surface area contributed by atoms with Gasteiger partial charge < -0.3 is 15.0 Å². The van der Waals surface area contributed by atoms with Gasteiger partial charge in [-0.25, -0.2) is 0 Å². The Labute approximate surface area is 179 Å². The maximum atomic E-state index is 12.6. The van der Waals surface area contributed by atoms with Crippen molar-refractivity contribution in [2.45, 2.75) is 52.7 Å². The number of nitrogens with one attached hydrogen (secondary N) is 1. The van der Waals surface area contributed by atoms with Gasteiger partial charge in [0.15, 0.2) is 6.10 Å². The highest BCUT2D eigenvalue weighted by atomic mass is 35.5. The van der Waals surface area contributed by atoms with Crippen LogP contribution < -0.4 is 15.0 Å². The highest BCUT2D eigenvalue weighted by Crippen LogP contribution is 2.25. The number of ether oxygens (including phenoxy) is 1. The van der Waals surface area contributed by atoms with E-state index in [-0.39, 0.29) is 11.9 Å². The summed E-state index contributed by atoms with van der Waals surface area (Å²) < 4.78 is 5.78. The molecule has 29 heavy (non-hydrogen) atoms. The number of carbonyl (C=O) groups is 1. The highest BCUT2D eigenvalue weighted by molar-refractivity contribution is 6.31. The molecule has 2 aromatic rings. The third kappa shape index (κ3) is 5.66. The molecule has 156 valence electrons. The van der Waals surface area contributed by atoms with E-state index in [0.717, 1.165) is 30.1 Å². The second-order valence-electron chi connectivity index (χ2n) is 8.19. The maximum Gasteiger partial charge on any atom is 0.261 e. The molecule has 1 N–H and O–H groups in total. The number of piperidine rings is 1. The lowest BCUT2D eigenvalue weighted by molar-refractivity contribution is -0.127. The number of hydrogen-bond acceptors (Lipinski definition) is 3. The molecule has 4 nitrogen and oxygen atoms in total. The standard InChI is InChI=1S/C24H31ClN2O2/c1-16-6-5-13-27(15-16)21-9-7-20(8-10-21)18(3)26-24(28)19(4)29-22-11-12-23(25)17(2)14-22/h7-12,14,16,18-19H,5-6,13,15H2,1-4H3,(H,26,28)/t16-,18-,19-/m1/s1. The van der Waals surface area contributed by atoms with Crippen LogP contribution in [0.1, 0.15) is 50.8 Å². The number of halogens is 1. The smallest absolute Gasteiger partial charge is 0.261 e. The number of nitrogens with zero attached hydrogens (tertiary/aromatic N) is 1. The molecule has 1 fully saturated rings. The van der Waals surface area contributed by atoms with Crippen LogP contribution in [0.4, 0.5) is 5.69 Å². The first-order chi connectivity index (χ1) is 13.8. The van der Waals surface area contributed by atoms with Crippen LogP contribution in [0.5, 0.6) is 5.75 Å². The molecule has 0 spiro atoms. The van der Waals surface area contributed by atoms with Crippen LogP contribution in [-0.2, 0) is 4.79 Å². The molecule has 0 aliphatic carbocycles. The summed E-state index contributed by atoms with van der Waals surface area (Å²) in [6.07, 6.45) is 1.97. The van der Waals surface area contributed by atoms with Crippen molar-refractivity contribution in [3.63, 3.8) is 0 Å². The van der Waals surface area contributed by atoms with Gasteiger partial charge >= 0.3 is 0 Å². The Bertz CT molecular complexity index is 837. The van der Waals surface area contributed by atoms with E-state index in [0.29, 0.717) is 10.8 Å². The van der Waals surface area contributed by atoms with Crippen LogP contribution in [0.3, 0.4) is 0 Å². The van der Waals surface area contributed by atoms with Crippen LogP contribution in [0.2, 0.25) is 5.02 Å². The van der Waals surface area contributed by atoms with Crippen molar-refractivity contribution < 1.29 is 9.53 Å². The second kappa shape index (κ2) is 9.53. The van der Waals surface area contributed by atoms with Gasteiger partial charge in [-0.2, -0.15) is 0 Å². The maximum absolute atomic E-state index is 12.6. The molecule has 5 heteroatoms. The minimum atomic E-state index is -0.591. The largest absolute Gasteiger partial charge is 0.481 e. The fourth-order valence-electron chi connectivity index (χ4n) is 3.76. The van der Waals surface area contributed by atoms with Crippen LogP contribution in [-0.4, -0.2) is 25.1 Å². The molecule has 2 aromatic carbocycles. The number of anilines is 1. The van der Waals surface area contributed by atoms with E-state index in [9.17, 15) is 4.79 Å². The zero-order valence-corrected chi connectivity index (χ0v) is 18.5. The Balaban J connectivity index is 1.56. The topological polar surface area (TPSA) is 41.6 Å². The molecule has 1 saturated heterocycles. The SMILES string of the molecule is Cc1cc(O[C@H](C)C(=O)N[C@H](C)c2ccc(N3CCC[C@@H](C)C3)cc2)ccc1Cl. The molecule has 0 aromatic heterocycles. The Morgan fingerprint density at radius 1 is 1.21 bits per heavy atom. The van der Waals surface area contributed by atoms with E-state index < -0.39 is 6.10 Å². The van der Waals surface area contributed by atoms with Gasteiger partial charge in [0.1, 0.15) is 5.75 Å². The Kier molecular flexibility index (Phi) is 7.07. The van der Waals surface area contributed by atoms with Gasteiger partial charge in [0, 0.05) is 23.8 Å². The summed E-state index contributed by atoms with van der Waals surface area (Å²) in [7, 11) is 0. The lowest BCUT2D eigenvalue weighted by atomic mass is 9.99. The lowest BCUT2D eigenvalue weighted by Gasteiger charge is -2.33. The van der Waals surface area contributed by atoms with E-state index in [1.165, 1.54) is 18.5 Å². The summed E-state index contributed by atoms with van der Waals surface area (Å²) in [6.45, 7) is 10.2. The number of carbonyl (C=O) groups excluding carboxylic acids is 1. The molecule has 0 bridgehead atoms. The van der Waals surface area contributed by atoms with Crippen molar-refractivity contribution in [3.8, 4) is 5.75 Å². The van der Waals surface area contributed by atoms with Gasteiger partial charge in [0.05, 0.1) is 6.04 Å². The first-order valence-corrected chi connectivity index (χ1v) is 10.8. The van der Waals surface area contributed by atoms with Gasteiger partial charge in [0.2, 0.25) is 0 Å². The summed E-state index contributed by atoms with van der Waals surface area (Å²) in [5.41, 5.74) is 3.27. The minimum absolute atomic E-state index is 0.0881. The van der Waals surface area contributed by atoms with E-state index in [4.69, 9.17) is 16.3 Å². The fraction of sp³-hybridized carbons (Fsp3) is 0.458. The Morgan fingerprint density at radius 3 is 2.59 bits per heavy atom. The number of aryl methyl sites for hydroxylation is 1. The summed E-state index contributed by atoms with van der Waals surface area (Å²) in [5.74, 6) is 1.24. The number of hydrogen-bond donors (Lipinski definition) is 1. The summed E-state index contributed by atoms with van der Waals surface area (Å²) in [6, 6.07) is 13.8. The van der Waals surface area contributed by atoms with Gasteiger partial charge in [-0.1, -0.05) is 30.7 Å². The van der Waals surface area contributed by atoms with Crippen molar-refractivity contribution in [2.75, 3.05) is 18.0 Å². The molecule has 1 heterocycles. The fourth-order valence-corrected chi connectivity index (χ4v) is 3.88. The second-order valence-corrected chi connectivity index (χ2v) is 8.59. The lowest BCUT2D eigenvalue weighted by Crippen LogP contribution is -2.37. The van der Waals surface area contributed by atoms with Crippen molar-refractivity contribution in [3.05, 3.63) is 58.6 Å². The van der Waals surface area contributed by atoms with Crippen LogP contribution in [0, 0.1) is 12.8 Å². The third-order valence-electron chi connectivity index (χ3n) is 5.59. The normalized spacial score (nSPS) is 18.8. The third-order valence-corrected chi connectivity index (χ3v) is 6.01. The van der Waals surface area contributed by atoms with E-state index in [1.807, 2.05) is 19.9 Å². The number of amides is 1. The van der Waals surface area contributed by atoms with E-state index >= 15 is 0 Å². The molecular formula is C24H31ClN2O2. The number of benzene rings is 2. The summed E-state index contributed by atoms with van der Waals surface area (Å²) >= 11 is 6.05. The van der Waals surface area contributed by atoms with Gasteiger partial charge in [-0.3, -0.25) is 4.79 Å². The van der Waals surface area contributed by atoms with Gasteiger partial charge in [-0.15, -0.1) is 0 Å². The average molecular weight is 415 g/mol. The zero-order valence-electron chi connectivity index (χ0n) is 17.7.